The van der Waals surface area contributed by atoms with Gasteiger partial charge in [0.1, 0.15) is 11.4 Å². The number of hydrogen-bond acceptors (Lipinski definition) is 3. The van der Waals surface area contributed by atoms with Gasteiger partial charge in [-0.25, -0.2) is 9.97 Å². The summed E-state index contributed by atoms with van der Waals surface area (Å²) in [5.74, 6) is 0.240. The second kappa shape index (κ2) is 7.28. The van der Waals surface area contributed by atoms with Crippen molar-refractivity contribution in [2.24, 2.45) is 0 Å². The molecular formula is C32H25N3O. The highest BCUT2D eigenvalue weighted by atomic mass is 16.3. The van der Waals surface area contributed by atoms with Gasteiger partial charge in [-0.3, -0.25) is 4.40 Å². The number of pyridine rings is 2. The summed E-state index contributed by atoms with van der Waals surface area (Å²) >= 11 is 0. The number of phenols is 1. The van der Waals surface area contributed by atoms with Crippen molar-refractivity contribution in [2.45, 2.75) is 26.2 Å². The van der Waals surface area contributed by atoms with E-state index in [-0.39, 0.29) is 11.2 Å². The van der Waals surface area contributed by atoms with Gasteiger partial charge in [0.25, 0.3) is 0 Å². The van der Waals surface area contributed by atoms with Gasteiger partial charge in [0.2, 0.25) is 0 Å². The number of phenolic OH excluding ortho intramolecular Hbond substituents is 1. The first-order chi connectivity index (χ1) is 17.4. The van der Waals surface area contributed by atoms with E-state index < -0.39 is 0 Å². The Morgan fingerprint density at radius 1 is 0.722 bits per heavy atom. The normalized spacial score (nSPS) is 12.4. The van der Waals surface area contributed by atoms with Gasteiger partial charge >= 0.3 is 0 Å². The van der Waals surface area contributed by atoms with Crippen molar-refractivity contribution in [3.63, 3.8) is 0 Å². The van der Waals surface area contributed by atoms with Gasteiger partial charge in [0, 0.05) is 38.9 Å². The molecule has 0 spiro atoms. The quantitative estimate of drug-likeness (QED) is 0.280. The van der Waals surface area contributed by atoms with Crippen molar-refractivity contribution >= 4 is 38.2 Å². The van der Waals surface area contributed by atoms with Crippen molar-refractivity contribution in [3.05, 3.63) is 96.7 Å². The van der Waals surface area contributed by atoms with E-state index in [1.54, 1.807) is 6.07 Å². The van der Waals surface area contributed by atoms with Gasteiger partial charge in [-0.15, -0.1) is 0 Å². The van der Waals surface area contributed by atoms with Crippen molar-refractivity contribution in [3.8, 4) is 28.3 Å². The number of aromatic nitrogens is 3. The van der Waals surface area contributed by atoms with Crippen LogP contribution < -0.4 is 0 Å². The Hall–Kier alpha value is -4.44. The van der Waals surface area contributed by atoms with Gasteiger partial charge in [-0.2, -0.15) is 0 Å². The second-order valence-electron chi connectivity index (χ2n) is 10.5. The maximum absolute atomic E-state index is 10.7. The van der Waals surface area contributed by atoms with Crippen LogP contribution in [0.15, 0.2) is 91.1 Å². The van der Waals surface area contributed by atoms with Crippen molar-refractivity contribution in [1.29, 1.82) is 0 Å². The van der Waals surface area contributed by atoms with Gasteiger partial charge < -0.3 is 5.11 Å². The van der Waals surface area contributed by atoms with Crippen molar-refractivity contribution in [1.82, 2.24) is 14.4 Å². The number of fused-ring (bicyclic) bond motifs is 6. The van der Waals surface area contributed by atoms with Crippen LogP contribution in [0, 0.1) is 0 Å². The molecule has 0 saturated heterocycles. The SMILES string of the molecule is CC(C)(C)c1ccc(O)c(-c2cccc(-c3ccc4c5cccc6c7cccnc7n(c4c3)c56)n2)c1. The Bertz CT molecular complexity index is 1940. The predicted molar refractivity (Wildman–Crippen MR) is 148 cm³/mol. The summed E-state index contributed by atoms with van der Waals surface area (Å²) in [5.41, 5.74) is 7.86. The molecule has 4 aromatic heterocycles. The molecule has 0 aliphatic carbocycles. The molecule has 0 atom stereocenters. The van der Waals surface area contributed by atoms with Crippen LogP contribution in [0.5, 0.6) is 5.75 Å². The first-order valence-electron chi connectivity index (χ1n) is 12.2. The molecule has 0 amide bonds. The highest BCUT2D eigenvalue weighted by Gasteiger charge is 2.19. The fraction of sp³-hybridized carbons (Fsp3) is 0.125. The molecule has 0 saturated carbocycles. The first-order valence-corrected chi connectivity index (χ1v) is 12.2. The van der Waals surface area contributed by atoms with Crippen LogP contribution in [0.2, 0.25) is 0 Å². The van der Waals surface area contributed by atoms with Crippen molar-refractivity contribution < 1.29 is 5.11 Å². The summed E-state index contributed by atoms with van der Waals surface area (Å²) in [5, 5.41) is 15.5. The first kappa shape index (κ1) is 20.9. The topological polar surface area (TPSA) is 50.4 Å². The maximum Gasteiger partial charge on any atom is 0.145 e. The predicted octanol–water partition coefficient (Wildman–Crippen LogP) is 7.96. The van der Waals surface area contributed by atoms with E-state index in [1.165, 1.54) is 27.1 Å². The number of hydrogen-bond donors (Lipinski definition) is 1. The summed E-state index contributed by atoms with van der Waals surface area (Å²) in [6.07, 6.45) is 1.86. The molecule has 3 aromatic carbocycles. The molecule has 0 aliphatic heterocycles. The number of aromatic hydroxyl groups is 1. The summed E-state index contributed by atoms with van der Waals surface area (Å²) in [6, 6.07) is 29.0. The summed E-state index contributed by atoms with van der Waals surface area (Å²) < 4.78 is 2.28. The van der Waals surface area contributed by atoms with Gasteiger partial charge in [0.15, 0.2) is 0 Å². The Morgan fingerprint density at radius 2 is 1.47 bits per heavy atom. The van der Waals surface area contributed by atoms with Crippen LogP contribution in [-0.2, 0) is 5.41 Å². The molecule has 0 aliphatic rings. The molecule has 0 bridgehead atoms. The fourth-order valence-electron chi connectivity index (χ4n) is 5.40. The van der Waals surface area contributed by atoms with Crippen LogP contribution >= 0.6 is 0 Å². The Morgan fingerprint density at radius 3 is 2.31 bits per heavy atom. The molecule has 0 fully saturated rings. The maximum atomic E-state index is 10.7. The van der Waals surface area contributed by atoms with E-state index in [0.717, 1.165) is 39.2 Å². The minimum absolute atomic E-state index is 0.0199. The number of benzene rings is 3. The van der Waals surface area contributed by atoms with E-state index in [2.05, 4.69) is 73.7 Å². The van der Waals surface area contributed by atoms with E-state index in [0.29, 0.717) is 0 Å². The van der Waals surface area contributed by atoms with Crippen LogP contribution in [0.25, 0.3) is 60.7 Å². The molecule has 7 rings (SSSR count). The minimum atomic E-state index is -0.0199. The van der Waals surface area contributed by atoms with Gasteiger partial charge in [0.05, 0.1) is 22.4 Å². The van der Waals surface area contributed by atoms with E-state index >= 15 is 0 Å². The molecule has 7 aromatic rings. The largest absolute Gasteiger partial charge is 0.507 e. The fourth-order valence-corrected chi connectivity index (χ4v) is 5.40. The molecule has 174 valence electrons. The molecule has 0 radical (unpaired) electrons. The lowest BCUT2D eigenvalue weighted by molar-refractivity contribution is 0.476. The highest BCUT2D eigenvalue weighted by Crippen LogP contribution is 2.40. The average Bonchev–Trinajstić information content (AvgIpc) is 3.40. The number of rotatable bonds is 2. The number of para-hydroxylation sites is 1. The zero-order valence-electron chi connectivity index (χ0n) is 20.4. The van der Waals surface area contributed by atoms with E-state index in [4.69, 9.17) is 9.97 Å². The lowest BCUT2D eigenvalue weighted by atomic mass is 9.85. The smallest absolute Gasteiger partial charge is 0.145 e. The zero-order valence-corrected chi connectivity index (χ0v) is 20.4. The van der Waals surface area contributed by atoms with Crippen LogP contribution in [0.1, 0.15) is 26.3 Å². The molecule has 4 nitrogen and oxygen atoms in total. The minimum Gasteiger partial charge on any atom is -0.507 e. The monoisotopic (exact) mass is 467 g/mol. The van der Waals surface area contributed by atoms with Gasteiger partial charge in [-0.05, 0) is 53.4 Å². The Kier molecular flexibility index (Phi) is 4.23. The molecule has 0 unspecified atom stereocenters. The summed E-state index contributed by atoms with van der Waals surface area (Å²) in [4.78, 5) is 9.72. The van der Waals surface area contributed by atoms with Gasteiger partial charge in [-0.1, -0.05) is 63.2 Å². The number of nitrogens with zero attached hydrogens (tertiary/aromatic N) is 3. The Balaban J connectivity index is 1.44. The summed E-state index contributed by atoms with van der Waals surface area (Å²) in [7, 11) is 0. The third-order valence-electron chi connectivity index (χ3n) is 7.26. The van der Waals surface area contributed by atoms with Crippen molar-refractivity contribution in [2.75, 3.05) is 0 Å². The van der Waals surface area contributed by atoms with E-state index in [9.17, 15) is 5.11 Å². The zero-order chi connectivity index (χ0) is 24.6. The average molecular weight is 468 g/mol. The molecule has 4 heteroatoms. The lowest BCUT2D eigenvalue weighted by Crippen LogP contribution is -2.10. The molecule has 4 heterocycles. The second-order valence-corrected chi connectivity index (χ2v) is 10.5. The van der Waals surface area contributed by atoms with E-state index in [1.807, 2.05) is 36.5 Å². The van der Waals surface area contributed by atoms with Crippen LogP contribution in [-0.4, -0.2) is 19.5 Å². The third kappa shape index (κ3) is 2.94. The Labute approximate surface area is 208 Å². The third-order valence-corrected chi connectivity index (χ3v) is 7.26. The highest BCUT2D eigenvalue weighted by molar-refractivity contribution is 6.22. The molecular weight excluding hydrogens is 442 g/mol. The standard InChI is InChI=1S/C32H25N3O/c1-32(2,3)20-13-15-29(36)25(18-20)27-11-5-10-26(34-27)19-12-14-21-22-7-4-8-23-24-9-6-16-33-31(24)35(30(22)23)28(21)17-19/h4-18,36H,1-3H3. The van der Waals surface area contributed by atoms with Crippen LogP contribution in [0.4, 0.5) is 0 Å². The lowest BCUT2D eigenvalue weighted by Gasteiger charge is -2.20. The molecule has 1 N–H and O–H groups in total. The molecule has 36 heavy (non-hydrogen) atoms. The summed E-state index contributed by atoms with van der Waals surface area (Å²) in [6.45, 7) is 6.52. The van der Waals surface area contributed by atoms with Crippen LogP contribution in [0.3, 0.4) is 0 Å².